The molecule has 0 aliphatic heterocycles. The molecule has 0 spiro atoms. The molecule has 0 aliphatic rings. The lowest BCUT2D eigenvalue weighted by molar-refractivity contribution is 0.0943. The van der Waals surface area contributed by atoms with Gasteiger partial charge in [-0.25, -0.2) is 0 Å². The van der Waals surface area contributed by atoms with Gasteiger partial charge in [-0.15, -0.1) is 11.3 Å². The summed E-state index contributed by atoms with van der Waals surface area (Å²) in [5.74, 6) is 0. The summed E-state index contributed by atoms with van der Waals surface area (Å²) in [6, 6.07) is 0. The molecule has 1 heterocycles. The lowest BCUT2D eigenvalue weighted by Gasteiger charge is -2.06. The fourth-order valence-corrected chi connectivity index (χ4v) is 1.32. The summed E-state index contributed by atoms with van der Waals surface area (Å²) in [7, 11) is 0. The quantitative estimate of drug-likeness (QED) is 0.587. The number of hydrogen-bond donors (Lipinski definition) is 3. The first kappa shape index (κ1) is 9.60. The van der Waals surface area contributed by atoms with Gasteiger partial charge in [-0.3, -0.25) is 4.98 Å². The molecule has 0 unspecified atom stereocenters. The predicted molar refractivity (Wildman–Crippen MR) is 46.9 cm³/mol. The second-order valence-electron chi connectivity index (χ2n) is 2.44. The molecule has 0 aromatic carbocycles. The molecule has 0 saturated carbocycles. The minimum atomic E-state index is -0.669. The highest BCUT2D eigenvalue weighted by Crippen LogP contribution is 2.03. The molecule has 1 atom stereocenters. The maximum absolute atomic E-state index is 8.96. The first-order chi connectivity index (χ1) is 5.83. The van der Waals surface area contributed by atoms with Gasteiger partial charge in [-0.05, 0) is 0 Å². The first-order valence-electron chi connectivity index (χ1n) is 3.70. The highest BCUT2D eigenvalue weighted by molar-refractivity contribution is 7.09. The number of rotatable bonds is 5. The summed E-state index contributed by atoms with van der Waals surface area (Å²) in [5.41, 5.74) is 1.76. The highest BCUT2D eigenvalue weighted by atomic mass is 32.1. The molecule has 1 aromatic rings. The summed E-state index contributed by atoms with van der Waals surface area (Å²) < 4.78 is 0. The van der Waals surface area contributed by atoms with Crippen LogP contribution in [0.25, 0.3) is 0 Å². The minimum absolute atomic E-state index is 0.199. The fraction of sp³-hybridized carbons (Fsp3) is 0.571. The van der Waals surface area contributed by atoms with E-state index < -0.39 is 6.10 Å². The molecule has 0 fully saturated rings. The third-order valence-corrected chi connectivity index (χ3v) is 2.15. The molecule has 5 heteroatoms. The van der Waals surface area contributed by atoms with E-state index in [1.807, 2.05) is 0 Å². The van der Waals surface area contributed by atoms with E-state index in [9.17, 15) is 0 Å². The van der Waals surface area contributed by atoms with Crippen molar-refractivity contribution in [2.45, 2.75) is 12.6 Å². The van der Waals surface area contributed by atoms with E-state index in [2.05, 4.69) is 10.3 Å². The molecule has 68 valence electrons. The van der Waals surface area contributed by atoms with Crippen LogP contribution in [0.1, 0.15) is 4.88 Å². The molecular weight excluding hydrogens is 176 g/mol. The zero-order chi connectivity index (χ0) is 8.81. The average molecular weight is 188 g/mol. The number of hydrogen-bond acceptors (Lipinski definition) is 5. The van der Waals surface area contributed by atoms with Gasteiger partial charge in [0.15, 0.2) is 0 Å². The molecule has 3 N–H and O–H groups in total. The average Bonchev–Trinajstić information content (AvgIpc) is 2.57. The third-order valence-electron chi connectivity index (χ3n) is 1.37. The molecular formula is C7H12N2O2S. The lowest BCUT2D eigenvalue weighted by atomic mass is 10.4. The number of aromatic nitrogens is 1. The Balaban J connectivity index is 2.11. The van der Waals surface area contributed by atoms with Crippen molar-refractivity contribution in [2.24, 2.45) is 0 Å². The largest absolute Gasteiger partial charge is 0.394 e. The van der Waals surface area contributed by atoms with Gasteiger partial charge in [0.05, 0.1) is 18.2 Å². The van der Waals surface area contributed by atoms with Gasteiger partial charge >= 0.3 is 0 Å². The highest BCUT2D eigenvalue weighted by Gasteiger charge is 2.00. The third kappa shape index (κ3) is 3.27. The number of nitrogens with one attached hydrogen (secondary N) is 1. The Morgan fingerprint density at radius 1 is 1.67 bits per heavy atom. The maximum atomic E-state index is 8.96. The van der Waals surface area contributed by atoms with Crippen molar-refractivity contribution >= 4 is 11.3 Å². The SMILES string of the molecule is OC[C@H](O)CNCc1cncs1. The van der Waals surface area contributed by atoms with Crippen molar-refractivity contribution < 1.29 is 10.2 Å². The smallest absolute Gasteiger partial charge is 0.0895 e. The van der Waals surface area contributed by atoms with Crippen molar-refractivity contribution in [1.29, 1.82) is 0 Å². The lowest BCUT2D eigenvalue weighted by Crippen LogP contribution is -2.28. The summed E-state index contributed by atoms with van der Waals surface area (Å²) in [6.45, 7) is 0.909. The van der Waals surface area contributed by atoms with Crippen molar-refractivity contribution in [3.8, 4) is 0 Å². The summed E-state index contributed by atoms with van der Waals surface area (Å²) in [5, 5.41) is 20.5. The number of thiazole rings is 1. The predicted octanol–water partition coefficient (Wildman–Crippen LogP) is -0.414. The van der Waals surface area contributed by atoms with E-state index in [1.54, 1.807) is 23.0 Å². The monoisotopic (exact) mass is 188 g/mol. The summed E-state index contributed by atoms with van der Waals surface area (Å²) in [6.07, 6.45) is 1.11. The van der Waals surface area contributed by atoms with Gasteiger partial charge in [-0.1, -0.05) is 0 Å². The molecule has 4 nitrogen and oxygen atoms in total. The number of aliphatic hydroxyl groups is 2. The van der Waals surface area contributed by atoms with Gasteiger partial charge in [0, 0.05) is 24.2 Å². The number of nitrogens with zero attached hydrogens (tertiary/aromatic N) is 1. The van der Waals surface area contributed by atoms with Crippen LogP contribution in [0.4, 0.5) is 0 Å². The standard InChI is InChI=1S/C7H12N2O2S/c10-4-6(11)1-8-2-7-3-9-5-12-7/h3,5-6,8,10-11H,1-2,4H2/t6-/m1/s1. The van der Waals surface area contributed by atoms with Crippen LogP contribution in [0.2, 0.25) is 0 Å². The van der Waals surface area contributed by atoms with Crippen molar-refractivity contribution in [3.63, 3.8) is 0 Å². The Hall–Kier alpha value is -0.490. The fourth-order valence-electron chi connectivity index (χ4n) is 0.756. The van der Waals surface area contributed by atoms with Crippen LogP contribution in [0, 0.1) is 0 Å². The van der Waals surface area contributed by atoms with Gasteiger partial charge in [0.25, 0.3) is 0 Å². The first-order valence-corrected chi connectivity index (χ1v) is 4.58. The second-order valence-corrected chi connectivity index (χ2v) is 3.41. The van der Waals surface area contributed by atoms with Gasteiger partial charge in [-0.2, -0.15) is 0 Å². The molecule has 0 saturated heterocycles. The van der Waals surface area contributed by atoms with E-state index in [0.717, 1.165) is 4.88 Å². The van der Waals surface area contributed by atoms with E-state index in [-0.39, 0.29) is 6.61 Å². The Kier molecular flexibility index (Phi) is 4.16. The molecule has 1 rings (SSSR count). The van der Waals surface area contributed by atoms with Crippen LogP contribution >= 0.6 is 11.3 Å². The zero-order valence-corrected chi connectivity index (χ0v) is 7.42. The van der Waals surface area contributed by atoms with E-state index in [0.29, 0.717) is 13.1 Å². The minimum Gasteiger partial charge on any atom is -0.394 e. The molecule has 0 amide bonds. The van der Waals surface area contributed by atoms with Crippen LogP contribution in [0.15, 0.2) is 11.7 Å². The Morgan fingerprint density at radius 3 is 3.08 bits per heavy atom. The van der Waals surface area contributed by atoms with Gasteiger partial charge in [0.2, 0.25) is 0 Å². The van der Waals surface area contributed by atoms with Crippen LogP contribution in [-0.2, 0) is 6.54 Å². The molecule has 0 aliphatic carbocycles. The summed E-state index contributed by atoms with van der Waals surface area (Å²) >= 11 is 1.56. The molecule has 0 bridgehead atoms. The number of aliphatic hydroxyl groups excluding tert-OH is 2. The second kappa shape index (κ2) is 5.21. The van der Waals surface area contributed by atoms with E-state index >= 15 is 0 Å². The van der Waals surface area contributed by atoms with Crippen molar-refractivity contribution in [1.82, 2.24) is 10.3 Å². The van der Waals surface area contributed by atoms with Crippen molar-refractivity contribution in [3.05, 3.63) is 16.6 Å². The zero-order valence-electron chi connectivity index (χ0n) is 6.60. The molecule has 1 aromatic heterocycles. The van der Waals surface area contributed by atoms with Crippen LogP contribution in [-0.4, -0.2) is 34.5 Å². The normalized spacial score (nSPS) is 13.2. The van der Waals surface area contributed by atoms with Crippen molar-refractivity contribution in [2.75, 3.05) is 13.2 Å². The topological polar surface area (TPSA) is 65.4 Å². The van der Waals surface area contributed by atoms with E-state index in [4.69, 9.17) is 10.2 Å². The Labute approximate surface area is 74.9 Å². The van der Waals surface area contributed by atoms with Crippen LogP contribution < -0.4 is 5.32 Å². The maximum Gasteiger partial charge on any atom is 0.0895 e. The van der Waals surface area contributed by atoms with Gasteiger partial charge < -0.3 is 15.5 Å². The molecule has 0 radical (unpaired) electrons. The Bertz CT molecular complexity index is 203. The Morgan fingerprint density at radius 2 is 2.50 bits per heavy atom. The van der Waals surface area contributed by atoms with E-state index in [1.165, 1.54) is 0 Å². The van der Waals surface area contributed by atoms with Crippen LogP contribution in [0.3, 0.4) is 0 Å². The molecule has 12 heavy (non-hydrogen) atoms. The van der Waals surface area contributed by atoms with Crippen LogP contribution in [0.5, 0.6) is 0 Å². The van der Waals surface area contributed by atoms with Gasteiger partial charge in [0.1, 0.15) is 0 Å². The summed E-state index contributed by atoms with van der Waals surface area (Å²) in [4.78, 5) is 5.03.